The molecule has 1 aliphatic heterocycles. The van der Waals surface area contributed by atoms with Crippen molar-refractivity contribution in [3.63, 3.8) is 0 Å². The molecule has 0 saturated carbocycles. The molecule has 1 amide bonds. The van der Waals surface area contributed by atoms with Crippen LogP contribution in [0.2, 0.25) is 0 Å². The minimum atomic E-state index is -0.135. The van der Waals surface area contributed by atoms with Crippen LogP contribution in [-0.2, 0) is 18.3 Å². The lowest BCUT2D eigenvalue weighted by Crippen LogP contribution is -2.30. The number of benzene rings is 1. The lowest BCUT2D eigenvalue weighted by atomic mass is 10.1. The Hall–Kier alpha value is -3.39. The van der Waals surface area contributed by atoms with Crippen LogP contribution < -0.4 is 10.2 Å². The Bertz CT molecular complexity index is 1280. The van der Waals surface area contributed by atoms with Gasteiger partial charge in [0.05, 0.1) is 29.0 Å². The number of aromatic nitrogens is 4. The molecule has 1 saturated heterocycles. The Morgan fingerprint density at radius 1 is 1.18 bits per heavy atom. The van der Waals surface area contributed by atoms with Gasteiger partial charge in [-0.15, -0.1) is 12.4 Å². The van der Waals surface area contributed by atoms with Crippen molar-refractivity contribution in [1.29, 1.82) is 0 Å². The maximum atomic E-state index is 12.9. The van der Waals surface area contributed by atoms with E-state index in [1.807, 2.05) is 38.4 Å². The van der Waals surface area contributed by atoms with Crippen molar-refractivity contribution in [2.45, 2.75) is 32.6 Å². The smallest absolute Gasteiger partial charge is 0.230 e. The zero-order valence-corrected chi connectivity index (χ0v) is 19.6. The highest BCUT2D eigenvalue weighted by atomic mass is 35.5. The van der Waals surface area contributed by atoms with Gasteiger partial charge in [-0.05, 0) is 50.5 Å². The summed E-state index contributed by atoms with van der Waals surface area (Å²) in [7, 11) is 1.91. The molecule has 33 heavy (non-hydrogen) atoms. The van der Waals surface area contributed by atoms with E-state index in [9.17, 15) is 4.79 Å². The third-order valence-corrected chi connectivity index (χ3v) is 5.74. The van der Waals surface area contributed by atoms with Crippen LogP contribution >= 0.6 is 12.4 Å². The van der Waals surface area contributed by atoms with Crippen LogP contribution in [0.25, 0.3) is 22.4 Å². The van der Waals surface area contributed by atoms with Gasteiger partial charge in [-0.25, -0.2) is 4.98 Å². The van der Waals surface area contributed by atoms with Crippen LogP contribution in [0.4, 0.5) is 11.4 Å². The molecule has 5 rings (SSSR count). The van der Waals surface area contributed by atoms with Gasteiger partial charge < -0.3 is 14.6 Å². The summed E-state index contributed by atoms with van der Waals surface area (Å²) in [5.74, 6) is 0.353. The van der Waals surface area contributed by atoms with Crippen LogP contribution in [0.5, 0.6) is 0 Å². The highest BCUT2D eigenvalue weighted by Crippen LogP contribution is 2.33. The normalized spacial score (nSPS) is 13.7. The lowest BCUT2D eigenvalue weighted by Gasteiger charge is -2.30. The molecule has 3 aromatic heterocycles. The Balaban J connectivity index is 0.00000259. The average Bonchev–Trinajstić information content (AvgIpc) is 3.39. The molecule has 1 aromatic carbocycles. The van der Waals surface area contributed by atoms with Gasteiger partial charge in [-0.2, -0.15) is 5.10 Å². The summed E-state index contributed by atoms with van der Waals surface area (Å²) in [6, 6.07) is 7.84. The molecule has 0 radical (unpaired) electrons. The van der Waals surface area contributed by atoms with Gasteiger partial charge in [-0.3, -0.25) is 14.5 Å². The molecular formula is C24H27ClN6O2. The number of halogens is 1. The SMILES string of the molecule is Cc1cc(-c2nc(CC(=O)Nc3cc4nn(C)cc4cc3N3CCCCC3)co2)ccn1.Cl. The summed E-state index contributed by atoms with van der Waals surface area (Å²) in [6.45, 7) is 3.90. The summed E-state index contributed by atoms with van der Waals surface area (Å²) in [5, 5.41) is 8.67. The first kappa shape index (κ1) is 22.8. The first-order chi connectivity index (χ1) is 15.5. The van der Waals surface area contributed by atoms with Crippen molar-refractivity contribution in [1.82, 2.24) is 19.7 Å². The molecule has 1 N–H and O–H groups in total. The van der Waals surface area contributed by atoms with E-state index in [-0.39, 0.29) is 24.7 Å². The van der Waals surface area contributed by atoms with E-state index >= 15 is 0 Å². The predicted molar refractivity (Wildman–Crippen MR) is 131 cm³/mol. The quantitative estimate of drug-likeness (QED) is 0.465. The summed E-state index contributed by atoms with van der Waals surface area (Å²) in [5.41, 5.74) is 5.02. The fourth-order valence-corrected chi connectivity index (χ4v) is 4.24. The standard InChI is InChI=1S/C24H26N6O2.ClH/c1-16-10-17(6-7-25-16)24-26-19(15-32-24)12-23(31)27-21-13-20-18(14-29(2)28-20)11-22(21)30-8-4-3-5-9-30;/h6-7,10-11,13-15H,3-5,8-9,12H2,1-2H3,(H,27,31);1H. The Labute approximate surface area is 198 Å². The van der Waals surface area contributed by atoms with Crippen molar-refractivity contribution >= 4 is 40.6 Å². The fraction of sp³-hybridized carbons (Fsp3) is 0.333. The lowest BCUT2D eigenvalue weighted by molar-refractivity contribution is -0.115. The van der Waals surface area contributed by atoms with E-state index in [1.54, 1.807) is 10.9 Å². The number of nitrogens with one attached hydrogen (secondary N) is 1. The molecule has 9 heteroatoms. The summed E-state index contributed by atoms with van der Waals surface area (Å²) in [6.07, 6.45) is 8.97. The van der Waals surface area contributed by atoms with Crippen molar-refractivity contribution in [3.05, 3.63) is 54.3 Å². The minimum absolute atomic E-state index is 0. The number of pyridine rings is 1. The van der Waals surface area contributed by atoms with E-state index in [1.165, 1.54) is 12.7 Å². The molecular weight excluding hydrogens is 440 g/mol. The minimum Gasteiger partial charge on any atom is -0.444 e. The van der Waals surface area contributed by atoms with Gasteiger partial charge in [0.15, 0.2) is 0 Å². The first-order valence-corrected chi connectivity index (χ1v) is 10.9. The van der Waals surface area contributed by atoms with E-state index in [0.717, 1.165) is 59.5 Å². The predicted octanol–water partition coefficient (Wildman–Crippen LogP) is 4.53. The number of rotatable bonds is 5. The monoisotopic (exact) mass is 466 g/mol. The number of oxazole rings is 1. The van der Waals surface area contributed by atoms with Gasteiger partial charge >= 0.3 is 0 Å². The second-order valence-corrected chi connectivity index (χ2v) is 8.33. The topological polar surface area (TPSA) is 89.1 Å². The van der Waals surface area contributed by atoms with Crippen molar-refractivity contribution in [2.24, 2.45) is 7.05 Å². The molecule has 4 heterocycles. The molecule has 4 aromatic rings. The molecule has 0 aliphatic carbocycles. The molecule has 0 unspecified atom stereocenters. The fourth-order valence-electron chi connectivity index (χ4n) is 4.24. The maximum Gasteiger partial charge on any atom is 0.230 e. The number of nitrogens with zero attached hydrogens (tertiary/aromatic N) is 5. The Morgan fingerprint density at radius 2 is 2.00 bits per heavy atom. The number of carbonyl (C=O) groups excluding carboxylic acids is 1. The van der Waals surface area contributed by atoms with Gasteiger partial charge in [0.2, 0.25) is 11.8 Å². The molecule has 1 aliphatic rings. The van der Waals surface area contributed by atoms with E-state index in [4.69, 9.17) is 4.42 Å². The third-order valence-electron chi connectivity index (χ3n) is 5.74. The van der Waals surface area contributed by atoms with Gasteiger partial charge in [-0.1, -0.05) is 0 Å². The van der Waals surface area contributed by atoms with Crippen LogP contribution in [0, 0.1) is 6.92 Å². The average molecular weight is 467 g/mol. The summed E-state index contributed by atoms with van der Waals surface area (Å²) in [4.78, 5) is 23.9. The van der Waals surface area contributed by atoms with Gasteiger partial charge in [0, 0.05) is 49.2 Å². The molecule has 172 valence electrons. The third kappa shape index (κ3) is 5.01. The highest BCUT2D eigenvalue weighted by molar-refractivity contribution is 5.99. The van der Waals surface area contributed by atoms with Crippen LogP contribution in [-0.4, -0.2) is 38.7 Å². The zero-order valence-electron chi connectivity index (χ0n) is 18.7. The number of hydrogen-bond acceptors (Lipinski definition) is 6. The van der Waals surface area contributed by atoms with Crippen molar-refractivity contribution in [3.8, 4) is 11.5 Å². The number of fused-ring (bicyclic) bond motifs is 1. The molecule has 8 nitrogen and oxygen atoms in total. The van der Waals surface area contributed by atoms with Crippen molar-refractivity contribution < 1.29 is 9.21 Å². The van der Waals surface area contributed by atoms with Gasteiger partial charge in [0.1, 0.15) is 6.26 Å². The van der Waals surface area contributed by atoms with E-state index in [0.29, 0.717) is 11.6 Å². The largest absolute Gasteiger partial charge is 0.444 e. The molecule has 0 atom stereocenters. The number of aryl methyl sites for hydroxylation is 2. The van der Waals surface area contributed by atoms with Crippen molar-refractivity contribution in [2.75, 3.05) is 23.3 Å². The second kappa shape index (κ2) is 9.62. The molecule has 1 fully saturated rings. The molecule has 0 bridgehead atoms. The highest BCUT2D eigenvalue weighted by Gasteiger charge is 2.19. The van der Waals surface area contributed by atoms with Crippen LogP contribution in [0.1, 0.15) is 30.7 Å². The van der Waals surface area contributed by atoms with E-state index in [2.05, 4.69) is 31.3 Å². The zero-order chi connectivity index (χ0) is 22.1. The number of carbonyl (C=O) groups is 1. The van der Waals surface area contributed by atoms with Crippen LogP contribution in [0.15, 0.2) is 47.3 Å². The number of amides is 1. The summed E-state index contributed by atoms with van der Waals surface area (Å²) < 4.78 is 7.40. The number of anilines is 2. The van der Waals surface area contributed by atoms with E-state index < -0.39 is 0 Å². The number of hydrogen-bond donors (Lipinski definition) is 1. The summed E-state index contributed by atoms with van der Waals surface area (Å²) >= 11 is 0. The van der Waals surface area contributed by atoms with Crippen LogP contribution in [0.3, 0.4) is 0 Å². The molecule has 0 spiro atoms. The number of piperidine rings is 1. The Morgan fingerprint density at radius 3 is 2.79 bits per heavy atom. The van der Waals surface area contributed by atoms with Gasteiger partial charge in [0.25, 0.3) is 0 Å². The maximum absolute atomic E-state index is 12.9. The second-order valence-electron chi connectivity index (χ2n) is 8.33. The Kier molecular flexibility index (Phi) is 6.65. The first-order valence-electron chi connectivity index (χ1n) is 10.9.